The molecule has 158 valence electrons. The molecule has 1 amide bonds. The molecule has 9 heteroatoms. The number of thiophene rings is 1. The molecule has 2 aromatic rings. The quantitative estimate of drug-likeness (QED) is 0.585. The summed E-state index contributed by atoms with van der Waals surface area (Å²) in [6, 6.07) is 7.48. The smallest absolute Gasteiger partial charge is 0.341 e. The number of rotatable bonds is 6. The molecule has 3 heterocycles. The van der Waals surface area contributed by atoms with Gasteiger partial charge in [0.15, 0.2) is 0 Å². The zero-order valence-corrected chi connectivity index (χ0v) is 18.5. The maximum absolute atomic E-state index is 13.0. The molecule has 4 rings (SSSR count). The summed E-state index contributed by atoms with van der Waals surface area (Å²) in [6.07, 6.45) is 0.455. The molecule has 2 bridgehead atoms. The fourth-order valence-electron chi connectivity index (χ4n) is 4.24. The summed E-state index contributed by atoms with van der Waals surface area (Å²) in [5, 5.41) is 14.5. The second-order valence-electron chi connectivity index (χ2n) is 7.25. The molecule has 1 aromatic carbocycles. The van der Waals surface area contributed by atoms with Gasteiger partial charge in [-0.15, -0.1) is 11.3 Å². The normalized spacial score (nSPS) is 24.6. The van der Waals surface area contributed by atoms with Gasteiger partial charge in [0.05, 0.1) is 30.7 Å². The molecular weight excluding hydrogens is 474 g/mol. The van der Waals surface area contributed by atoms with E-state index in [9.17, 15) is 19.5 Å². The van der Waals surface area contributed by atoms with Crippen molar-refractivity contribution < 1.29 is 29.0 Å². The van der Waals surface area contributed by atoms with Crippen molar-refractivity contribution >= 4 is 50.1 Å². The number of amides is 1. The molecular formula is C21H20BrNO6S. The van der Waals surface area contributed by atoms with E-state index in [1.807, 2.05) is 24.3 Å². The van der Waals surface area contributed by atoms with Gasteiger partial charge < -0.3 is 19.9 Å². The van der Waals surface area contributed by atoms with Crippen molar-refractivity contribution in [2.75, 3.05) is 11.9 Å². The zero-order valence-electron chi connectivity index (χ0n) is 16.1. The van der Waals surface area contributed by atoms with Gasteiger partial charge in [-0.05, 0) is 37.5 Å². The standard InChI is InChI=1S/C21H20BrNO6S/c1-2-28-21(27)15-12(10-4-3-5-11(22)8-10)9-30-19(15)23-18(24)16-13-6-7-14(29-13)17(16)20(25)26/h3-5,8-9,13-14,16-17H,2,6-7H2,1H3,(H,23,24)(H,25,26)/t13-,14+,16+,17+/m1/s1. The van der Waals surface area contributed by atoms with Gasteiger partial charge in [-0.2, -0.15) is 0 Å². The third-order valence-electron chi connectivity index (χ3n) is 5.50. The Balaban J connectivity index is 1.66. The summed E-state index contributed by atoms with van der Waals surface area (Å²) in [7, 11) is 0. The fourth-order valence-corrected chi connectivity index (χ4v) is 5.60. The number of fused-ring (bicyclic) bond motifs is 2. The van der Waals surface area contributed by atoms with E-state index < -0.39 is 41.9 Å². The van der Waals surface area contributed by atoms with Crippen molar-refractivity contribution in [3.63, 3.8) is 0 Å². The van der Waals surface area contributed by atoms with E-state index in [1.165, 1.54) is 11.3 Å². The minimum atomic E-state index is -1.03. The Morgan fingerprint density at radius 1 is 1.27 bits per heavy atom. The first-order valence-corrected chi connectivity index (χ1v) is 11.3. The molecule has 0 saturated carbocycles. The van der Waals surface area contributed by atoms with E-state index in [1.54, 1.807) is 12.3 Å². The van der Waals surface area contributed by atoms with Gasteiger partial charge >= 0.3 is 11.9 Å². The van der Waals surface area contributed by atoms with Gasteiger partial charge in [-0.25, -0.2) is 4.79 Å². The van der Waals surface area contributed by atoms with Crippen molar-refractivity contribution in [1.82, 2.24) is 0 Å². The minimum absolute atomic E-state index is 0.196. The van der Waals surface area contributed by atoms with Crippen molar-refractivity contribution in [1.29, 1.82) is 0 Å². The van der Waals surface area contributed by atoms with Crippen LogP contribution in [0.1, 0.15) is 30.1 Å². The lowest BCUT2D eigenvalue weighted by Gasteiger charge is -2.23. The Bertz CT molecular complexity index is 1010. The van der Waals surface area contributed by atoms with Crippen molar-refractivity contribution in [3.05, 3.63) is 39.7 Å². The first-order chi connectivity index (χ1) is 14.4. The van der Waals surface area contributed by atoms with Crippen LogP contribution in [0.25, 0.3) is 11.1 Å². The highest BCUT2D eigenvalue weighted by atomic mass is 79.9. The van der Waals surface area contributed by atoms with Crippen molar-refractivity contribution in [3.8, 4) is 11.1 Å². The highest BCUT2D eigenvalue weighted by Gasteiger charge is 2.55. The number of carboxylic acid groups (broad SMARTS) is 1. The van der Waals surface area contributed by atoms with E-state index in [0.29, 0.717) is 23.4 Å². The molecule has 2 aliphatic heterocycles. The van der Waals surface area contributed by atoms with Crippen LogP contribution in [0.4, 0.5) is 5.00 Å². The van der Waals surface area contributed by atoms with Crippen LogP contribution in [-0.2, 0) is 19.1 Å². The van der Waals surface area contributed by atoms with Crippen LogP contribution in [0.15, 0.2) is 34.1 Å². The Hall–Kier alpha value is -2.23. The van der Waals surface area contributed by atoms with Crippen molar-refractivity contribution in [2.45, 2.75) is 32.0 Å². The Morgan fingerprint density at radius 3 is 2.67 bits per heavy atom. The maximum atomic E-state index is 13.0. The number of nitrogens with one attached hydrogen (secondary N) is 1. The number of benzene rings is 1. The van der Waals surface area contributed by atoms with Crippen LogP contribution in [0.5, 0.6) is 0 Å². The summed E-state index contributed by atoms with van der Waals surface area (Å²) in [5.41, 5.74) is 1.72. The molecule has 4 atom stereocenters. The molecule has 2 N–H and O–H groups in total. The van der Waals surface area contributed by atoms with Gasteiger partial charge in [0.25, 0.3) is 0 Å². The number of hydrogen-bond donors (Lipinski definition) is 2. The number of carbonyl (C=O) groups is 3. The average Bonchev–Trinajstić information content (AvgIpc) is 3.42. The monoisotopic (exact) mass is 493 g/mol. The van der Waals surface area contributed by atoms with E-state index in [2.05, 4.69) is 21.2 Å². The Labute approximate surface area is 185 Å². The van der Waals surface area contributed by atoms with E-state index >= 15 is 0 Å². The third kappa shape index (κ3) is 3.77. The molecule has 2 saturated heterocycles. The summed E-state index contributed by atoms with van der Waals surface area (Å²) in [4.78, 5) is 37.5. The van der Waals surface area contributed by atoms with Crippen LogP contribution in [0.3, 0.4) is 0 Å². The molecule has 7 nitrogen and oxygen atoms in total. The first-order valence-electron chi connectivity index (χ1n) is 9.64. The predicted molar refractivity (Wildman–Crippen MR) is 115 cm³/mol. The van der Waals surface area contributed by atoms with Gasteiger partial charge in [-0.3, -0.25) is 9.59 Å². The molecule has 0 aliphatic carbocycles. The zero-order chi connectivity index (χ0) is 21.4. The second kappa shape index (κ2) is 8.49. The highest BCUT2D eigenvalue weighted by Crippen LogP contribution is 2.45. The number of carboxylic acids is 1. The second-order valence-corrected chi connectivity index (χ2v) is 9.05. The fraction of sp³-hybridized carbons (Fsp3) is 0.381. The SMILES string of the molecule is CCOC(=O)c1c(-c2cccc(Br)c2)csc1NC(=O)[C@@H]1[C@@H](C(=O)O)[C@@H]2CC[C@H]1O2. The molecule has 2 aliphatic rings. The number of carbonyl (C=O) groups excluding carboxylic acids is 2. The predicted octanol–water partition coefficient (Wildman–Crippen LogP) is 4.17. The Morgan fingerprint density at radius 2 is 2.00 bits per heavy atom. The summed E-state index contributed by atoms with van der Waals surface area (Å²) < 4.78 is 11.8. The highest BCUT2D eigenvalue weighted by molar-refractivity contribution is 9.10. The van der Waals surface area contributed by atoms with Crippen LogP contribution in [0, 0.1) is 11.8 Å². The molecule has 0 unspecified atom stereocenters. The van der Waals surface area contributed by atoms with Crippen LogP contribution < -0.4 is 5.32 Å². The molecule has 2 fully saturated rings. The number of hydrogen-bond acceptors (Lipinski definition) is 6. The van der Waals surface area contributed by atoms with Gasteiger partial charge in [-0.1, -0.05) is 28.1 Å². The van der Waals surface area contributed by atoms with Crippen LogP contribution in [-0.4, -0.2) is 41.8 Å². The molecule has 1 aromatic heterocycles. The number of aliphatic carboxylic acids is 1. The van der Waals surface area contributed by atoms with Gasteiger partial charge in [0.1, 0.15) is 10.6 Å². The number of esters is 1. The number of halogens is 1. The first kappa shape index (κ1) is 21.0. The van der Waals surface area contributed by atoms with Crippen molar-refractivity contribution in [2.24, 2.45) is 11.8 Å². The summed E-state index contributed by atoms with van der Waals surface area (Å²) in [6.45, 7) is 1.91. The maximum Gasteiger partial charge on any atom is 0.341 e. The van der Waals surface area contributed by atoms with E-state index in [0.717, 1.165) is 10.0 Å². The molecule has 0 spiro atoms. The topological polar surface area (TPSA) is 102 Å². The summed E-state index contributed by atoms with van der Waals surface area (Å²) >= 11 is 4.64. The number of ether oxygens (including phenoxy) is 2. The third-order valence-corrected chi connectivity index (χ3v) is 6.89. The largest absolute Gasteiger partial charge is 0.481 e. The molecule has 0 radical (unpaired) electrons. The van der Waals surface area contributed by atoms with Crippen LogP contribution in [0.2, 0.25) is 0 Å². The Kier molecular flexibility index (Phi) is 5.95. The van der Waals surface area contributed by atoms with E-state index in [4.69, 9.17) is 9.47 Å². The number of anilines is 1. The lowest BCUT2D eigenvalue weighted by molar-refractivity contribution is -0.147. The van der Waals surface area contributed by atoms with E-state index in [-0.39, 0.29) is 12.2 Å². The lowest BCUT2D eigenvalue weighted by atomic mass is 9.79. The van der Waals surface area contributed by atoms with Gasteiger partial charge in [0, 0.05) is 15.4 Å². The van der Waals surface area contributed by atoms with Crippen LogP contribution >= 0.6 is 27.3 Å². The van der Waals surface area contributed by atoms with Gasteiger partial charge in [0.2, 0.25) is 5.91 Å². The lowest BCUT2D eigenvalue weighted by Crippen LogP contribution is -2.41. The molecule has 30 heavy (non-hydrogen) atoms. The minimum Gasteiger partial charge on any atom is -0.481 e. The summed E-state index contributed by atoms with van der Waals surface area (Å²) in [5.74, 6) is -3.67. The average molecular weight is 494 g/mol.